The van der Waals surface area contributed by atoms with Gasteiger partial charge in [-0.1, -0.05) is 13.8 Å². The fourth-order valence-corrected chi connectivity index (χ4v) is 2.18. The summed E-state index contributed by atoms with van der Waals surface area (Å²) in [7, 11) is 1.65. The van der Waals surface area contributed by atoms with Gasteiger partial charge in [0.1, 0.15) is 12.3 Å². The van der Waals surface area contributed by atoms with Gasteiger partial charge in [-0.15, -0.1) is 0 Å². The van der Waals surface area contributed by atoms with Crippen molar-refractivity contribution in [3.8, 4) is 11.8 Å². The lowest BCUT2D eigenvalue weighted by atomic mass is 10.0. The van der Waals surface area contributed by atoms with Crippen molar-refractivity contribution in [2.45, 2.75) is 40.2 Å². The van der Waals surface area contributed by atoms with Crippen LogP contribution in [0.25, 0.3) is 0 Å². The first-order chi connectivity index (χ1) is 11.0. The highest BCUT2D eigenvalue weighted by Crippen LogP contribution is 2.16. The molecule has 124 valence electrons. The average molecular weight is 314 g/mol. The largest absolute Gasteiger partial charge is 0.497 e. The Morgan fingerprint density at radius 3 is 2.43 bits per heavy atom. The van der Waals surface area contributed by atoms with E-state index in [1.807, 2.05) is 44.2 Å². The summed E-state index contributed by atoms with van der Waals surface area (Å²) in [5.74, 6) is 2.15. The Morgan fingerprint density at radius 2 is 1.91 bits per heavy atom. The van der Waals surface area contributed by atoms with Gasteiger partial charge in [-0.2, -0.15) is 5.26 Å². The van der Waals surface area contributed by atoms with Gasteiger partial charge in [-0.05, 0) is 50.5 Å². The smallest absolute Gasteiger partial charge is 0.126 e. The number of anilines is 1. The number of ether oxygens (including phenoxy) is 1. The molecule has 23 heavy (non-hydrogen) atoms. The molecule has 0 aliphatic rings. The third kappa shape index (κ3) is 6.96. The van der Waals surface area contributed by atoms with E-state index in [4.69, 9.17) is 15.0 Å². The Bertz CT molecular complexity index is 582. The summed E-state index contributed by atoms with van der Waals surface area (Å²) < 4.78 is 5.15. The maximum atomic E-state index is 8.68. The second-order valence-electron chi connectivity index (χ2n) is 5.83. The number of nitriles is 1. The molecule has 1 atom stereocenters. The highest BCUT2D eigenvalue weighted by atomic mass is 16.5. The summed E-state index contributed by atoms with van der Waals surface area (Å²) in [6, 6.07) is 9.75. The fourth-order valence-electron chi connectivity index (χ4n) is 2.18. The molecule has 0 radical (unpaired) electrons. The minimum Gasteiger partial charge on any atom is -0.497 e. The molecule has 1 rings (SSSR count). The lowest BCUT2D eigenvalue weighted by molar-refractivity contribution is 0.415. The highest BCUT2D eigenvalue weighted by molar-refractivity contribution is 5.96. The summed E-state index contributed by atoms with van der Waals surface area (Å²) in [5, 5.41) is 12.0. The van der Waals surface area contributed by atoms with E-state index < -0.39 is 0 Å². The Hall–Kier alpha value is -2.35. The van der Waals surface area contributed by atoms with E-state index in [-0.39, 0.29) is 12.6 Å². The van der Waals surface area contributed by atoms with Crippen LogP contribution in [0.1, 0.15) is 34.1 Å². The van der Waals surface area contributed by atoms with Crippen molar-refractivity contribution in [1.29, 1.82) is 5.26 Å². The summed E-state index contributed by atoms with van der Waals surface area (Å²) in [5.41, 5.74) is 1.86. The van der Waals surface area contributed by atoms with E-state index in [0.717, 1.165) is 29.4 Å². The first-order valence-electron chi connectivity index (χ1n) is 7.79. The van der Waals surface area contributed by atoms with Crippen LogP contribution in [0.5, 0.6) is 5.75 Å². The van der Waals surface area contributed by atoms with Crippen molar-refractivity contribution < 1.29 is 4.74 Å². The Labute approximate surface area is 139 Å². The first-order valence-corrected chi connectivity index (χ1v) is 7.79. The van der Waals surface area contributed by atoms with Crippen molar-refractivity contribution >= 4 is 17.2 Å². The summed E-state index contributed by atoms with van der Waals surface area (Å²) in [6.07, 6.45) is 0.905. The van der Waals surface area contributed by atoms with E-state index in [1.165, 1.54) is 0 Å². The summed E-state index contributed by atoms with van der Waals surface area (Å²) in [4.78, 5) is 9.02. The van der Waals surface area contributed by atoms with Crippen LogP contribution < -0.4 is 10.1 Å². The van der Waals surface area contributed by atoms with E-state index in [2.05, 4.69) is 24.2 Å². The molecule has 0 aromatic heterocycles. The van der Waals surface area contributed by atoms with Gasteiger partial charge in [0, 0.05) is 11.4 Å². The minimum absolute atomic E-state index is 0.00546. The van der Waals surface area contributed by atoms with Crippen LogP contribution >= 0.6 is 0 Å². The standard InChI is InChI=1S/C18H26N4O/c1-13(2)12-18(14(3)20-11-10-19)22-15(4)21-16-6-8-17(23-5)9-7-16/h6-9,13,18H,11-12H2,1-5H3,(H,21,22). The van der Waals surface area contributed by atoms with Gasteiger partial charge in [0.05, 0.1) is 25.1 Å². The number of rotatable bonds is 7. The zero-order valence-electron chi connectivity index (χ0n) is 14.6. The highest BCUT2D eigenvalue weighted by Gasteiger charge is 2.13. The van der Waals surface area contributed by atoms with Gasteiger partial charge < -0.3 is 10.1 Å². The molecule has 0 saturated carbocycles. The maximum absolute atomic E-state index is 8.68. The number of nitrogens with zero attached hydrogens (tertiary/aromatic N) is 3. The number of methoxy groups -OCH3 is 1. The van der Waals surface area contributed by atoms with Crippen LogP contribution in [0.4, 0.5) is 5.69 Å². The van der Waals surface area contributed by atoms with Gasteiger partial charge in [0.2, 0.25) is 0 Å². The predicted octanol–water partition coefficient (Wildman–Crippen LogP) is 3.92. The molecule has 0 saturated heterocycles. The summed E-state index contributed by atoms with van der Waals surface area (Å²) >= 11 is 0. The van der Waals surface area contributed by atoms with Crippen LogP contribution in [0.15, 0.2) is 34.3 Å². The number of benzene rings is 1. The molecule has 1 N–H and O–H groups in total. The van der Waals surface area contributed by atoms with Gasteiger partial charge in [-0.25, -0.2) is 0 Å². The Kier molecular flexibility index (Phi) is 7.82. The van der Waals surface area contributed by atoms with Crippen molar-refractivity contribution in [1.82, 2.24) is 0 Å². The zero-order valence-corrected chi connectivity index (χ0v) is 14.6. The van der Waals surface area contributed by atoms with Gasteiger partial charge in [0.25, 0.3) is 0 Å². The number of amidine groups is 1. The molecular formula is C18H26N4O. The minimum atomic E-state index is -0.00546. The number of hydrogen-bond donors (Lipinski definition) is 1. The van der Waals surface area contributed by atoms with Crippen LogP contribution in [0.2, 0.25) is 0 Å². The molecule has 0 aliphatic carbocycles. The van der Waals surface area contributed by atoms with E-state index >= 15 is 0 Å². The van der Waals surface area contributed by atoms with Crippen LogP contribution in [0, 0.1) is 17.2 Å². The van der Waals surface area contributed by atoms with E-state index in [1.54, 1.807) is 7.11 Å². The molecule has 1 unspecified atom stereocenters. The molecule has 0 aliphatic heterocycles. The SMILES string of the molecule is COc1ccc(NC(C)=NC(CC(C)C)C(C)=NCC#N)cc1. The molecule has 0 amide bonds. The van der Waals surface area contributed by atoms with E-state index in [9.17, 15) is 0 Å². The van der Waals surface area contributed by atoms with Crippen molar-refractivity contribution in [2.75, 3.05) is 19.0 Å². The van der Waals surface area contributed by atoms with Crippen LogP contribution in [-0.4, -0.2) is 31.2 Å². The first kappa shape index (κ1) is 18.7. The monoisotopic (exact) mass is 314 g/mol. The van der Waals surface area contributed by atoms with Gasteiger partial charge >= 0.3 is 0 Å². The molecule has 0 spiro atoms. The predicted molar refractivity (Wildman–Crippen MR) is 96.6 cm³/mol. The third-order valence-electron chi connectivity index (χ3n) is 3.34. The maximum Gasteiger partial charge on any atom is 0.126 e. The fraction of sp³-hybridized carbons (Fsp3) is 0.500. The van der Waals surface area contributed by atoms with Crippen LogP contribution in [0.3, 0.4) is 0 Å². The lowest BCUT2D eigenvalue weighted by Gasteiger charge is -2.17. The van der Waals surface area contributed by atoms with Gasteiger partial charge in [-0.3, -0.25) is 9.98 Å². The molecule has 1 aromatic rings. The van der Waals surface area contributed by atoms with Crippen LogP contribution in [-0.2, 0) is 0 Å². The number of aliphatic imine (C=N–C) groups is 2. The molecule has 5 heteroatoms. The number of hydrogen-bond acceptors (Lipinski definition) is 4. The molecule has 1 aromatic carbocycles. The van der Waals surface area contributed by atoms with E-state index in [0.29, 0.717) is 5.92 Å². The average Bonchev–Trinajstić information content (AvgIpc) is 2.52. The normalized spacial score (nSPS) is 13.6. The molecule has 0 bridgehead atoms. The molecular weight excluding hydrogens is 288 g/mol. The van der Waals surface area contributed by atoms with Crippen molar-refractivity contribution in [2.24, 2.45) is 15.9 Å². The van der Waals surface area contributed by atoms with Crippen molar-refractivity contribution in [3.63, 3.8) is 0 Å². The Balaban J connectivity index is 2.84. The molecule has 5 nitrogen and oxygen atoms in total. The zero-order chi connectivity index (χ0) is 17.2. The topological polar surface area (TPSA) is 69.8 Å². The third-order valence-corrected chi connectivity index (χ3v) is 3.34. The quantitative estimate of drug-likeness (QED) is 0.471. The number of nitrogens with one attached hydrogen (secondary N) is 1. The summed E-state index contributed by atoms with van der Waals surface area (Å²) in [6.45, 7) is 8.38. The Morgan fingerprint density at radius 1 is 1.26 bits per heavy atom. The second kappa shape index (κ2) is 9.62. The molecule has 0 heterocycles. The van der Waals surface area contributed by atoms with Gasteiger partial charge in [0.15, 0.2) is 0 Å². The lowest BCUT2D eigenvalue weighted by Crippen LogP contribution is -2.22. The second-order valence-corrected chi connectivity index (χ2v) is 5.83. The van der Waals surface area contributed by atoms with Crippen molar-refractivity contribution in [3.05, 3.63) is 24.3 Å². The molecule has 0 fully saturated rings.